The van der Waals surface area contributed by atoms with Gasteiger partial charge in [0.05, 0.1) is 11.5 Å². The van der Waals surface area contributed by atoms with Crippen molar-refractivity contribution in [2.75, 3.05) is 29.4 Å². The average Bonchev–Trinajstić information content (AvgIpc) is 2.85. The molecule has 2 aromatic rings. The molecule has 2 aliphatic rings. The number of Topliss-reactive ketones (excluding diaryl/α,β-unsaturated/α-hetero) is 1. The number of alkyl halides is 6. The number of rotatable bonds is 6. The highest BCUT2D eigenvalue weighted by Gasteiger charge is 2.42. The second-order valence-electron chi connectivity index (χ2n) is 9.79. The number of hydrogen-bond acceptors (Lipinski definition) is 3. The lowest BCUT2D eigenvalue weighted by molar-refractivity contribution is -0.176. The van der Waals surface area contributed by atoms with E-state index in [1.165, 1.54) is 12.1 Å². The second-order valence-corrected chi connectivity index (χ2v) is 9.79. The van der Waals surface area contributed by atoms with Gasteiger partial charge < -0.3 is 9.80 Å². The lowest BCUT2D eigenvalue weighted by Gasteiger charge is -2.36. The highest BCUT2D eigenvalue weighted by molar-refractivity contribution is 5.98. The van der Waals surface area contributed by atoms with Gasteiger partial charge in [-0.1, -0.05) is 12.1 Å². The van der Waals surface area contributed by atoms with E-state index in [4.69, 9.17) is 0 Å². The normalized spacial score (nSPS) is 21.3. The van der Waals surface area contributed by atoms with Crippen LogP contribution in [0.15, 0.2) is 48.5 Å². The maximum atomic E-state index is 13.2. The smallest absolute Gasteiger partial charge is 0.371 e. The average molecular weight is 527 g/mol. The van der Waals surface area contributed by atoms with Crippen molar-refractivity contribution in [1.29, 1.82) is 0 Å². The molecule has 10 heteroatoms. The topological polar surface area (TPSA) is 40.6 Å². The van der Waals surface area contributed by atoms with Gasteiger partial charge in [0.2, 0.25) is 5.91 Å². The van der Waals surface area contributed by atoms with Crippen molar-refractivity contribution >= 4 is 23.1 Å². The summed E-state index contributed by atoms with van der Waals surface area (Å²) in [5.74, 6) is -2.30. The first-order valence-electron chi connectivity index (χ1n) is 12.3. The molecule has 0 spiro atoms. The number of amides is 1. The number of benzene rings is 2. The second kappa shape index (κ2) is 10.8. The van der Waals surface area contributed by atoms with Crippen LogP contribution in [-0.4, -0.2) is 37.5 Å². The van der Waals surface area contributed by atoms with Gasteiger partial charge in [-0.2, -0.15) is 26.3 Å². The van der Waals surface area contributed by atoms with Crippen LogP contribution in [0.3, 0.4) is 0 Å². The molecule has 0 aliphatic carbocycles. The number of anilines is 2. The molecule has 0 aromatic heterocycles. The molecule has 200 valence electrons. The number of piperidine rings is 2. The minimum absolute atomic E-state index is 0.00104. The summed E-state index contributed by atoms with van der Waals surface area (Å²) in [6, 6.07) is 11.3. The Labute approximate surface area is 211 Å². The zero-order chi connectivity index (χ0) is 26.8. The van der Waals surface area contributed by atoms with E-state index in [1.54, 1.807) is 34.1 Å². The van der Waals surface area contributed by atoms with Crippen molar-refractivity contribution < 1.29 is 35.9 Å². The van der Waals surface area contributed by atoms with E-state index < -0.39 is 29.8 Å². The zero-order valence-corrected chi connectivity index (χ0v) is 20.1. The summed E-state index contributed by atoms with van der Waals surface area (Å²) in [7, 11) is 0. The van der Waals surface area contributed by atoms with Crippen molar-refractivity contribution in [2.45, 2.75) is 50.9 Å². The summed E-state index contributed by atoms with van der Waals surface area (Å²) in [4.78, 5) is 29.0. The fraction of sp³-hybridized carbons (Fsp3) is 0.481. The summed E-state index contributed by atoms with van der Waals surface area (Å²) < 4.78 is 77.7. The first-order valence-corrected chi connectivity index (χ1v) is 12.3. The van der Waals surface area contributed by atoms with Gasteiger partial charge in [-0.3, -0.25) is 9.59 Å². The molecule has 2 saturated heterocycles. The van der Waals surface area contributed by atoms with Crippen LogP contribution in [0.2, 0.25) is 0 Å². The minimum Gasteiger partial charge on any atom is -0.371 e. The van der Waals surface area contributed by atoms with Gasteiger partial charge in [-0.05, 0) is 67.6 Å². The number of carbonyl (C=O) groups is 2. The fourth-order valence-corrected chi connectivity index (χ4v) is 5.10. The van der Waals surface area contributed by atoms with Gasteiger partial charge in [-0.15, -0.1) is 0 Å². The molecule has 0 bridgehead atoms. The van der Waals surface area contributed by atoms with Crippen LogP contribution in [0.25, 0.3) is 0 Å². The SMILES string of the molecule is O=C(Cc1ccc(C(F)(F)F)cc1)C[C@@H]1CCCN(c2ccc(N3CCCC(C(F)(F)F)C3)cc2)C1=O. The molecular formula is C27H28F6N2O2. The van der Waals surface area contributed by atoms with Crippen LogP contribution in [0, 0.1) is 11.8 Å². The predicted molar refractivity (Wildman–Crippen MR) is 127 cm³/mol. The molecule has 2 atom stereocenters. The summed E-state index contributed by atoms with van der Waals surface area (Å²) in [6.07, 6.45) is -6.91. The highest BCUT2D eigenvalue weighted by Crippen LogP contribution is 2.36. The largest absolute Gasteiger partial charge is 0.416 e. The van der Waals surface area contributed by atoms with Gasteiger partial charge in [-0.25, -0.2) is 0 Å². The monoisotopic (exact) mass is 526 g/mol. The minimum atomic E-state index is -4.45. The quantitative estimate of drug-likeness (QED) is 0.408. The van der Waals surface area contributed by atoms with Gasteiger partial charge >= 0.3 is 12.4 Å². The molecule has 4 rings (SSSR count). The van der Waals surface area contributed by atoms with Crippen LogP contribution >= 0.6 is 0 Å². The van der Waals surface area contributed by atoms with Crippen LogP contribution in [0.5, 0.6) is 0 Å². The summed E-state index contributed by atoms with van der Waals surface area (Å²) in [5, 5.41) is 0. The number of hydrogen-bond donors (Lipinski definition) is 0. The van der Waals surface area contributed by atoms with E-state index >= 15 is 0 Å². The molecule has 2 fully saturated rings. The highest BCUT2D eigenvalue weighted by atomic mass is 19.4. The van der Waals surface area contributed by atoms with E-state index in [2.05, 4.69) is 0 Å². The van der Waals surface area contributed by atoms with Crippen LogP contribution in [-0.2, 0) is 22.2 Å². The summed E-state index contributed by atoms with van der Waals surface area (Å²) >= 11 is 0. The third-order valence-electron chi connectivity index (χ3n) is 7.12. The molecule has 1 amide bonds. The third-order valence-corrected chi connectivity index (χ3v) is 7.12. The molecule has 2 aromatic carbocycles. The van der Waals surface area contributed by atoms with Gasteiger partial charge in [0.15, 0.2) is 0 Å². The van der Waals surface area contributed by atoms with Crippen molar-refractivity contribution in [2.24, 2.45) is 11.8 Å². The number of nitrogens with zero attached hydrogens (tertiary/aromatic N) is 2. The van der Waals surface area contributed by atoms with Crippen molar-refractivity contribution in [3.05, 3.63) is 59.7 Å². The first-order chi connectivity index (χ1) is 17.4. The fourth-order valence-electron chi connectivity index (χ4n) is 5.10. The van der Waals surface area contributed by atoms with E-state index in [0.717, 1.165) is 12.1 Å². The maximum Gasteiger partial charge on any atom is 0.416 e. The molecule has 0 radical (unpaired) electrons. The molecular weight excluding hydrogens is 498 g/mol. The van der Waals surface area contributed by atoms with E-state index in [9.17, 15) is 35.9 Å². The summed E-state index contributed by atoms with van der Waals surface area (Å²) in [6.45, 7) is 0.925. The Morgan fingerprint density at radius 2 is 1.46 bits per heavy atom. The molecule has 0 N–H and O–H groups in total. The number of ketones is 1. The Morgan fingerprint density at radius 1 is 0.838 bits per heavy atom. The molecule has 1 unspecified atom stereocenters. The number of carbonyl (C=O) groups excluding carboxylic acids is 2. The van der Waals surface area contributed by atoms with E-state index in [1.807, 2.05) is 0 Å². The van der Waals surface area contributed by atoms with E-state index in [0.29, 0.717) is 49.3 Å². The van der Waals surface area contributed by atoms with Crippen molar-refractivity contribution in [3.63, 3.8) is 0 Å². The Kier molecular flexibility index (Phi) is 7.85. The molecule has 4 nitrogen and oxygen atoms in total. The zero-order valence-electron chi connectivity index (χ0n) is 20.1. The van der Waals surface area contributed by atoms with Crippen molar-refractivity contribution in [3.8, 4) is 0 Å². The maximum absolute atomic E-state index is 13.2. The van der Waals surface area contributed by atoms with Gasteiger partial charge in [0, 0.05) is 49.8 Å². The first kappa shape index (κ1) is 27.0. The standard InChI is InChI=1S/C27H28F6N2O2/c28-26(29,30)20-7-5-18(6-8-20)15-24(36)16-19-3-1-14-35(25(19)37)23-11-9-22(10-12-23)34-13-2-4-21(17-34)27(31,32)33/h5-12,19,21H,1-4,13-17H2/t19-,21?/m0/s1. The molecule has 2 heterocycles. The Bertz CT molecular complexity index is 1100. The lowest BCUT2D eigenvalue weighted by Crippen LogP contribution is -2.42. The Morgan fingerprint density at radius 3 is 2.08 bits per heavy atom. The van der Waals surface area contributed by atoms with E-state index in [-0.39, 0.29) is 37.5 Å². The summed E-state index contributed by atoms with van der Waals surface area (Å²) in [5.41, 5.74) is 0.968. The number of halogens is 6. The predicted octanol–water partition coefficient (Wildman–Crippen LogP) is 6.43. The van der Waals surface area contributed by atoms with Gasteiger partial charge in [0.1, 0.15) is 5.78 Å². The Balaban J connectivity index is 1.36. The molecule has 2 aliphatic heterocycles. The third kappa shape index (κ3) is 6.64. The van der Waals surface area contributed by atoms with Crippen LogP contribution in [0.4, 0.5) is 37.7 Å². The Hall–Kier alpha value is -3.04. The lowest BCUT2D eigenvalue weighted by atomic mass is 9.90. The van der Waals surface area contributed by atoms with Crippen LogP contribution in [0.1, 0.15) is 43.2 Å². The van der Waals surface area contributed by atoms with Crippen LogP contribution < -0.4 is 9.80 Å². The van der Waals surface area contributed by atoms with Crippen molar-refractivity contribution in [1.82, 2.24) is 0 Å². The van der Waals surface area contributed by atoms with Gasteiger partial charge in [0.25, 0.3) is 0 Å². The molecule has 37 heavy (non-hydrogen) atoms. The molecule has 0 saturated carbocycles.